The molecule has 98 valence electrons. The van der Waals surface area contributed by atoms with Gasteiger partial charge in [0.25, 0.3) is 0 Å². The number of aromatic nitrogens is 3. The van der Waals surface area contributed by atoms with Crippen molar-refractivity contribution in [2.45, 2.75) is 13.5 Å². The Bertz CT molecular complexity index is 528. The van der Waals surface area contributed by atoms with Crippen LogP contribution in [0.25, 0.3) is 0 Å². The van der Waals surface area contributed by atoms with Crippen LogP contribution >= 0.6 is 0 Å². The number of carbonyl (C=O) groups excluding carboxylic acids is 1. The molecule has 2 rings (SSSR count). The van der Waals surface area contributed by atoms with Crippen molar-refractivity contribution in [3.63, 3.8) is 0 Å². The Morgan fingerprint density at radius 3 is 2.89 bits per heavy atom. The summed E-state index contributed by atoms with van der Waals surface area (Å²) in [4.78, 5) is 15.6. The smallest absolute Gasteiger partial charge is 0.339 e. The number of anilines is 1. The first kappa shape index (κ1) is 12.9. The lowest BCUT2D eigenvalue weighted by atomic mass is 10.3. The molecule has 2 aromatic rings. The summed E-state index contributed by atoms with van der Waals surface area (Å²) in [6.45, 7) is 2.65. The highest BCUT2D eigenvalue weighted by Gasteiger charge is 2.06. The first-order valence-electron chi connectivity index (χ1n) is 5.93. The van der Waals surface area contributed by atoms with Gasteiger partial charge in [-0.3, -0.25) is 0 Å². The molecule has 2 heterocycles. The monoisotopic (exact) mass is 258 g/mol. The van der Waals surface area contributed by atoms with E-state index in [-0.39, 0.29) is 5.97 Å². The molecule has 0 unspecified atom stereocenters. The van der Waals surface area contributed by atoms with Crippen LogP contribution in [0.3, 0.4) is 0 Å². The van der Waals surface area contributed by atoms with E-state index >= 15 is 0 Å². The number of pyridine rings is 1. The fourth-order valence-electron chi connectivity index (χ4n) is 1.44. The molecule has 0 aromatic carbocycles. The Morgan fingerprint density at radius 1 is 1.37 bits per heavy atom. The highest BCUT2D eigenvalue weighted by atomic mass is 16.5. The number of nitrogens with one attached hydrogen (secondary N) is 1. The van der Waals surface area contributed by atoms with Crippen LogP contribution in [0.4, 0.5) is 5.82 Å². The Hall–Kier alpha value is -2.50. The second-order valence-electron chi connectivity index (χ2n) is 3.72. The molecule has 0 amide bonds. The average Bonchev–Trinajstić information content (AvgIpc) is 2.47. The highest BCUT2D eigenvalue weighted by molar-refractivity contribution is 5.89. The Labute approximate surface area is 110 Å². The highest BCUT2D eigenvalue weighted by Crippen LogP contribution is 2.07. The molecule has 0 aliphatic carbocycles. The molecular weight excluding hydrogens is 244 g/mol. The fourth-order valence-corrected chi connectivity index (χ4v) is 1.44. The Kier molecular flexibility index (Phi) is 4.39. The van der Waals surface area contributed by atoms with Crippen molar-refractivity contribution >= 4 is 11.8 Å². The molecule has 19 heavy (non-hydrogen) atoms. The molecular formula is C13H14N4O2. The first-order chi connectivity index (χ1) is 9.29. The van der Waals surface area contributed by atoms with Crippen molar-refractivity contribution in [2.24, 2.45) is 0 Å². The number of nitrogens with zero attached hydrogens (tertiary/aromatic N) is 3. The molecule has 0 radical (unpaired) electrons. The van der Waals surface area contributed by atoms with E-state index in [4.69, 9.17) is 4.74 Å². The summed E-state index contributed by atoms with van der Waals surface area (Å²) in [5.41, 5.74) is 1.26. The number of ether oxygens (including phenoxy) is 1. The molecule has 0 aliphatic rings. The topological polar surface area (TPSA) is 77.0 Å². The van der Waals surface area contributed by atoms with Crippen LogP contribution < -0.4 is 5.32 Å². The number of carbonyl (C=O) groups is 1. The van der Waals surface area contributed by atoms with Crippen molar-refractivity contribution in [3.8, 4) is 0 Å². The van der Waals surface area contributed by atoms with E-state index in [0.29, 0.717) is 24.5 Å². The zero-order valence-electron chi connectivity index (χ0n) is 10.5. The first-order valence-corrected chi connectivity index (χ1v) is 5.93. The van der Waals surface area contributed by atoms with Gasteiger partial charge >= 0.3 is 5.97 Å². The van der Waals surface area contributed by atoms with E-state index in [0.717, 1.165) is 5.69 Å². The zero-order valence-corrected chi connectivity index (χ0v) is 10.5. The largest absolute Gasteiger partial charge is 0.462 e. The van der Waals surface area contributed by atoms with E-state index < -0.39 is 0 Å². The molecule has 6 heteroatoms. The van der Waals surface area contributed by atoms with Crippen LogP contribution in [-0.4, -0.2) is 27.8 Å². The van der Waals surface area contributed by atoms with Crippen molar-refractivity contribution in [2.75, 3.05) is 11.9 Å². The molecule has 0 atom stereocenters. The van der Waals surface area contributed by atoms with Gasteiger partial charge in [0.1, 0.15) is 5.82 Å². The molecule has 0 fully saturated rings. The summed E-state index contributed by atoms with van der Waals surface area (Å²) in [6, 6.07) is 7.08. The van der Waals surface area contributed by atoms with Gasteiger partial charge in [0.15, 0.2) is 0 Å². The molecule has 1 N–H and O–H groups in total. The van der Waals surface area contributed by atoms with E-state index in [1.54, 1.807) is 25.3 Å². The number of hydrogen-bond donors (Lipinski definition) is 1. The van der Waals surface area contributed by atoms with Gasteiger partial charge in [-0.25, -0.2) is 9.78 Å². The van der Waals surface area contributed by atoms with Crippen molar-refractivity contribution in [1.29, 1.82) is 0 Å². The standard InChI is InChI=1S/C13H14N4O2/c1-2-19-13(18)10-5-6-12(14-8-10)15-9-11-4-3-7-16-17-11/h3-8H,2,9H2,1H3,(H,14,15). The average molecular weight is 258 g/mol. The SMILES string of the molecule is CCOC(=O)c1ccc(NCc2cccnn2)nc1. The second kappa shape index (κ2) is 6.44. The number of hydrogen-bond acceptors (Lipinski definition) is 6. The van der Waals surface area contributed by atoms with Crippen molar-refractivity contribution < 1.29 is 9.53 Å². The van der Waals surface area contributed by atoms with E-state index in [2.05, 4.69) is 20.5 Å². The predicted octanol–water partition coefficient (Wildman–Crippen LogP) is 1.66. The maximum atomic E-state index is 11.4. The quantitative estimate of drug-likeness (QED) is 0.822. The zero-order chi connectivity index (χ0) is 13.5. The minimum Gasteiger partial charge on any atom is -0.462 e. The van der Waals surface area contributed by atoms with Crippen LogP contribution in [0, 0.1) is 0 Å². The third-order valence-electron chi connectivity index (χ3n) is 2.35. The van der Waals surface area contributed by atoms with Crippen molar-refractivity contribution in [1.82, 2.24) is 15.2 Å². The van der Waals surface area contributed by atoms with Crippen LogP contribution in [0.15, 0.2) is 36.7 Å². The lowest BCUT2D eigenvalue weighted by Gasteiger charge is -2.05. The van der Waals surface area contributed by atoms with Gasteiger partial charge in [-0.2, -0.15) is 10.2 Å². The predicted molar refractivity (Wildman–Crippen MR) is 69.6 cm³/mol. The van der Waals surface area contributed by atoms with E-state index in [1.807, 2.05) is 12.1 Å². The van der Waals surface area contributed by atoms with Crippen LogP contribution in [0.2, 0.25) is 0 Å². The van der Waals surface area contributed by atoms with Gasteiger partial charge < -0.3 is 10.1 Å². The van der Waals surface area contributed by atoms with Crippen LogP contribution in [0.5, 0.6) is 0 Å². The maximum absolute atomic E-state index is 11.4. The van der Waals surface area contributed by atoms with E-state index in [9.17, 15) is 4.79 Å². The van der Waals surface area contributed by atoms with Gasteiger partial charge in [-0.1, -0.05) is 0 Å². The lowest BCUT2D eigenvalue weighted by Crippen LogP contribution is -2.07. The van der Waals surface area contributed by atoms with E-state index in [1.165, 1.54) is 6.20 Å². The van der Waals surface area contributed by atoms with Gasteiger partial charge in [0, 0.05) is 12.4 Å². The fraction of sp³-hybridized carbons (Fsp3) is 0.231. The summed E-state index contributed by atoms with van der Waals surface area (Å²) in [6.07, 6.45) is 3.10. The normalized spacial score (nSPS) is 9.95. The summed E-state index contributed by atoms with van der Waals surface area (Å²) < 4.78 is 4.88. The van der Waals surface area contributed by atoms with Gasteiger partial charge in [-0.15, -0.1) is 0 Å². The molecule has 0 bridgehead atoms. The maximum Gasteiger partial charge on any atom is 0.339 e. The molecule has 2 aromatic heterocycles. The summed E-state index contributed by atoms with van der Waals surface area (Å²) in [5.74, 6) is 0.300. The molecule has 6 nitrogen and oxygen atoms in total. The molecule has 0 spiro atoms. The Balaban J connectivity index is 1.94. The molecule has 0 saturated carbocycles. The third-order valence-corrected chi connectivity index (χ3v) is 2.35. The molecule has 0 saturated heterocycles. The van der Waals surface area contributed by atoms with Gasteiger partial charge in [0.2, 0.25) is 0 Å². The van der Waals surface area contributed by atoms with Gasteiger partial charge in [-0.05, 0) is 31.2 Å². The van der Waals surface area contributed by atoms with Crippen LogP contribution in [0.1, 0.15) is 23.0 Å². The lowest BCUT2D eigenvalue weighted by molar-refractivity contribution is 0.0526. The minimum absolute atomic E-state index is 0.353. The molecule has 0 aliphatic heterocycles. The van der Waals surface area contributed by atoms with Gasteiger partial charge in [0.05, 0.1) is 24.4 Å². The van der Waals surface area contributed by atoms with Crippen molar-refractivity contribution in [3.05, 3.63) is 47.9 Å². The minimum atomic E-state index is -0.365. The van der Waals surface area contributed by atoms with Crippen LogP contribution in [-0.2, 0) is 11.3 Å². The second-order valence-corrected chi connectivity index (χ2v) is 3.72. The Morgan fingerprint density at radius 2 is 2.26 bits per heavy atom. The number of rotatable bonds is 5. The summed E-state index contributed by atoms with van der Waals surface area (Å²) >= 11 is 0. The third kappa shape index (κ3) is 3.74. The number of esters is 1. The summed E-state index contributed by atoms with van der Waals surface area (Å²) in [5, 5.41) is 10.8. The summed E-state index contributed by atoms with van der Waals surface area (Å²) in [7, 11) is 0.